The van der Waals surface area contributed by atoms with E-state index in [-0.39, 0.29) is 0 Å². The van der Waals surface area contributed by atoms with E-state index < -0.39 is 0 Å². The molecule has 0 fully saturated rings. The second kappa shape index (κ2) is 9.08. The molecule has 0 aliphatic heterocycles. The van der Waals surface area contributed by atoms with Gasteiger partial charge < -0.3 is 14.2 Å². The summed E-state index contributed by atoms with van der Waals surface area (Å²) in [5.74, 6) is 1.75. The van der Waals surface area contributed by atoms with Gasteiger partial charge in [0.25, 0.3) is 0 Å². The van der Waals surface area contributed by atoms with Crippen LogP contribution in [0.2, 0.25) is 0 Å². The van der Waals surface area contributed by atoms with Gasteiger partial charge in [0.05, 0.1) is 21.3 Å². The Bertz CT molecular complexity index is 864. The highest BCUT2D eigenvalue weighted by molar-refractivity contribution is 5.79. The van der Waals surface area contributed by atoms with E-state index in [1.165, 1.54) is 5.56 Å². The average molecular weight is 362 g/mol. The van der Waals surface area contributed by atoms with Crippen molar-refractivity contribution in [1.82, 2.24) is 4.98 Å². The van der Waals surface area contributed by atoms with Crippen molar-refractivity contribution in [3.8, 4) is 28.4 Å². The Morgan fingerprint density at radius 1 is 0.852 bits per heavy atom. The van der Waals surface area contributed by atoms with Crippen LogP contribution in [0.3, 0.4) is 0 Å². The molecule has 0 unspecified atom stereocenters. The average Bonchev–Trinajstić information content (AvgIpc) is 2.74. The molecular weight excluding hydrogens is 338 g/mol. The van der Waals surface area contributed by atoms with Crippen LogP contribution in [0.5, 0.6) is 17.2 Å². The maximum atomic E-state index is 5.72. The summed E-state index contributed by atoms with van der Waals surface area (Å²) in [6.45, 7) is 0. The maximum absolute atomic E-state index is 5.72. The van der Waals surface area contributed by atoms with Gasteiger partial charge in [-0.15, -0.1) is 0 Å². The predicted octanol–water partition coefficient (Wildman–Crippen LogP) is 4.75. The standard InChI is InChI=1S/C23H24NO3/c1-25-20-15-18(12-7-11-17-9-5-4-6-10-17)21(19-13-8-14-24-16-19)23(27-3)22(20)26-2/h4-6,8-10,13-14,16H,7,11-12H2,1-3H3. The summed E-state index contributed by atoms with van der Waals surface area (Å²) in [7, 11) is 4.87. The Morgan fingerprint density at radius 3 is 2.26 bits per heavy atom. The maximum Gasteiger partial charge on any atom is 0.204 e. The summed E-state index contributed by atoms with van der Waals surface area (Å²) in [5, 5.41) is 0. The van der Waals surface area contributed by atoms with Crippen molar-refractivity contribution in [2.24, 2.45) is 0 Å². The van der Waals surface area contributed by atoms with E-state index in [9.17, 15) is 0 Å². The highest BCUT2D eigenvalue weighted by Crippen LogP contribution is 2.46. The van der Waals surface area contributed by atoms with Crippen molar-refractivity contribution in [2.75, 3.05) is 21.3 Å². The lowest BCUT2D eigenvalue weighted by Crippen LogP contribution is -2.02. The molecule has 4 nitrogen and oxygen atoms in total. The molecule has 0 saturated heterocycles. The second-order valence-electron chi connectivity index (χ2n) is 6.16. The molecule has 27 heavy (non-hydrogen) atoms. The summed E-state index contributed by atoms with van der Waals surface area (Å²) in [4.78, 5) is 4.26. The molecule has 1 aromatic heterocycles. The number of rotatable bonds is 8. The van der Waals surface area contributed by atoms with Gasteiger partial charge in [-0.3, -0.25) is 4.98 Å². The van der Waals surface area contributed by atoms with Crippen LogP contribution >= 0.6 is 0 Å². The van der Waals surface area contributed by atoms with Crippen molar-refractivity contribution in [1.29, 1.82) is 0 Å². The first-order valence-electron chi connectivity index (χ1n) is 8.97. The number of aromatic nitrogens is 1. The Kier molecular flexibility index (Phi) is 6.31. The Hall–Kier alpha value is -3.01. The number of aryl methyl sites for hydroxylation is 2. The zero-order valence-electron chi connectivity index (χ0n) is 16.0. The molecule has 0 amide bonds. The highest BCUT2D eigenvalue weighted by atomic mass is 16.5. The van der Waals surface area contributed by atoms with Gasteiger partial charge >= 0.3 is 0 Å². The van der Waals surface area contributed by atoms with Gasteiger partial charge in [-0.2, -0.15) is 0 Å². The minimum atomic E-state index is 0.547. The lowest BCUT2D eigenvalue weighted by molar-refractivity contribution is 0.324. The number of benzene rings is 2. The number of hydrogen-bond donors (Lipinski definition) is 0. The molecule has 1 radical (unpaired) electrons. The molecule has 0 aliphatic rings. The van der Waals surface area contributed by atoms with Crippen LogP contribution in [0.1, 0.15) is 17.5 Å². The zero-order chi connectivity index (χ0) is 19.1. The Labute approximate surface area is 160 Å². The first kappa shape index (κ1) is 18.8. The fourth-order valence-electron chi connectivity index (χ4n) is 3.25. The summed E-state index contributed by atoms with van der Waals surface area (Å²) in [6.07, 6.45) is 6.42. The fraction of sp³-hybridized carbons (Fsp3) is 0.261. The fourth-order valence-corrected chi connectivity index (χ4v) is 3.25. The lowest BCUT2D eigenvalue weighted by atomic mass is 9.94. The molecule has 0 bridgehead atoms. The van der Waals surface area contributed by atoms with Gasteiger partial charge in [0, 0.05) is 29.6 Å². The van der Waals surface area contributed by atoms with Crippen molar-refractivity contribution in [2.45, 2.75) is 19.3 Å². The van der Waals surface area contributed by atoms with Crippen molar-refractivity contribution >= 4 is 0 Å². The predicted molar refractivity (Wildman–Crippen MR) is 107 cm³/mol. The first-order chi connectivity index (χ1) is 13.3. The highest BCUT2D eigenvalue weighted by Gasteiger charge is 2.22. The van der Waals surface area contributed by atoms with Crippen LogP contribution in [-0.2, 0) is 12.8 Å². The van der Waals surface area contributed by atoms with E-state index in [1.807, 2.05) is 24.4 Å². The van der Waals surface area contributed by atoms with Crippen molar-refractivity contribution < 1.29 is 14.2 Å². The molecule has 4 heteroatoms. The van der Waals surface area contributed by atoms with Crippen LogP contribution in [-0.4, -0.2) is 26.3 Å². The number of nitrogens with zero attached hydrogens (tertiary/aromatic N) is 1. The number of pyridine rings is 1. The summed E-state index contributed by atoms with van der Waals surface area (Å²) in [5.41, 5.74) is 4.29. The van der Waals surface area contributed by atoms with Gasteiger partial charge in [0.2, 0.25) is 5.75 Å². The van der Waals surface area contributed by atoms with Gasteiger partial charge in [0.15, 0.2) is 11.5 Å². The summed E-state index contributed by atoms with van der Waals surface area (Å²) in [6, 6.07) is 17.8. The normalized spacial score (nSPS) is 10.5. The molecule has 0 aliphatic carbocycles. The Balaban J connectivity index is 2.00. The quantitative estimate of drug-likeness (QED) is 0.580. The topological polar surface area (TPSA) is 40.6 Å². The molecule has 3 rings (SSSR count). The van der Waals surface area contributed by atoms with Crippen LogP contribution < -0.4 is 14.2 Å². The van der Waals surface area contributed by atoms with Crippen LogP contribution in [0.4, 0.5) is 0 Å². The molecule has 139 valence electrons. The van der Waals surface area contributed by atoms with E-state index >= 15 is 0 Å². The van der Waals surface area contributed by atoms with Gasteiger partial charge in [-0.05, 0) is 36.5 Å². The third-order valence-corrected chi connectivity index (χ3v) is 4.50. The Morgan fingerprint density at radius 2 is 1.63 bits per heavy atom. The smallest absolute Gasteiger partial charge is 0.204 e. The summed E-state index contributed by atoms with van der Waals surface area (Å²) >= 11 is 0. The third-order valence-electron chi connectivity index (χ3n) is 4.50. The number of ether oxygens (including phenoxy) is 3. The van der Waals surface area contributed by atoms with Crippen LogP contribution in [0.15, 0.2) is 54.9 Å². The van der Waals surface area contributed by atoms with E-state index in [2.05, 4.69) is 35.3 Å². The zero-order valence-corrected chi connectivity index (χ0v) is 16.0. The second-order valence-corrected chi connectivity index (χ2v) is 6.16. The van der Waals surface area contributed by atoms with Gasteiger partial charge in [-0.25, -0.2) is 0 Å². The van der Waals surface area contributed by atoms with Gasteiger partial charge in [-0.1, -0.05) is 36.4 Å². The van der Waals surface area contributed by atoms with Crippen LogP contribution in [0.25, 0.3) is 11.1 Å². The molecule has 0 spiro atoms. The van der Waals surface area contributed by atoms with Crippen molar-refractivity contribution in [3.63, 3.8) is 0 Å². The number of methoxy groups -OCH3 is 3. The van der Waals surface area contributed by atoms with E-state index in [4.69, 9.17) is 14.2 Å². The molecule has 0 N–H and O–H groups in total. The minimum absolute atomic E-state index is 0.547. The molecule has 3 aromatic rings. The third kappa shape index (κ3) is 4.22. The minimum Gasteiger partial charge on any atom is -0.492 e. The monoisotopic (exact) mass is 362 g/mol. The molecular formula is C23H24NO3. The number of hydrogen-bond acceptors (Lipinski definition) is 4. The molecule has 2 aromatic carbocycles. The molecule has 0 atom stereocenters. The lowest BCUT2D eigenvalue weighted by Gasteiger charge is -2.19. The van der Waals surface area contributed by atoms with Gasteiger partial charge in [0.1, 0.15) is 0 Å². The van der Waals surface area contributed by atoms with Crippen LogP contribution in [0, 0.1) is 6.07 Å². The van der Waals surface area contributed by atoms with E-state index in [0.717, 1.165) is 36.0 Å². The molecule has 1 heterocycles. The first-order valence-corrected chi connectivity index (χ1v) is 8.97. The van der Waals surface area contributed by atoms with Crippen molar-refractivity contribution in [3.05, 3.63) is 72.1 Å². The van der Waals surface area contributed by atoms with E-state index in [1.54, 1.807) is 27.5 Å². The molecule has 0 saturated carbocycles. The SMILES string of the molecule is COc1[c]c(CCCc2ccccc2)c(-c2cccnc2)c(OC)c1OC. The van der Waals surface area contributed by atoms with E-state index in [0.29, 0.717) is 17.2 Å². The summed E-state index contributed by atoms with van der Waals surface area (Å²) < 4.78 is 16.8. The largest absolute Gasteiger partial charge is 0.492 e.